The van der Waals surface area contributed by atoms with E-state index in [1.54, 1.807) is 23.7 Å². The Morgan fingerprint density at radius 1 is 1.29 bits per heavy atom. The fraction of sp³-hybridized carbons (Fsp3) is 0.214. The van der Waals surface area contributed by atoms with Crippen LogP contribution in [0.3, 0.4) is 0 Å². The van der Waals surface area contributed by atoms with Crippen molar-refractivity contribution < 1.29 is 4.39 Å². The van der Waals surface area contributed by atoms with Crippen LogP contribution in [-0.2, 0) is 13.5 Å². The van der Waals surface area contributed by atoms with Crippen molar-refractivity contribution in [2.45, 2.75) is 13.3 Å². The minimum absolute atomic E-state index is 0.190. The Kier molecular flexibility index (Phi) is 2.97. The summed E-state index contributed by atoms with van der Waals surface area (Å²) >= 11 is 0. The summed E-state index contributed by atoms with van der Waals surface area (Å²) in [6, 6.07) is 10.9. The van der Waals surface area contributed by atoms with E-state index in [-0.39, 0.29) is 5.82 Å². The molecule has 0 aliphatic rings. The molecule has 0 atom stereocenters. The van der Waals surface area contributed by atoms with Crippen LogP contribution in [-0.4, -0.2) is 4.57 Å². The van der Waals surface area contributed by atoms with Gasteiger partial charge in [0.25, 0.3) is 0 Å². The number of nitriles is 1. The molecule has 0 aliphatic heterocycles. The Morgan fingerprint density at radius 2 is 2.06 bits per heavy atom. The van der Waals surface area contributed by atoms with E-state index in [9.17, 15) is 4.39 Å². The van der Waals surface area contributed by atoms with E-state index < -0.39 is 0 Å². The third-order valence-electron chi connectivity index (χ3n) is 2.97. The van der Waals surface area contributed by atoms with Crippen LogP contribution in [0.2, 0.25) is 0 Å². The van der Waals surface area contributed by atoms with Crippen molar-refractivity contribution in [1.29, 1.82) is 5.26 Å². The maximum Gasteiger partial charge on any atom is 0.127 e. The van der Waals surface area contributed by atoms with Crippen molar-refractivity contribution in [3.05, 3.63) is 47.4 Å². The van der Waals surface area contributed by atoms with Crippen LogP contribution < -0.4 is 0 Å². The summed E-state index contributed by atoms with van der Waals surface area (Å²) in [6.45, 7) is 1.92. The molecular weight excluding hydrogens is 215 g/mol. The third-order valence-corrected chi connectivity index (χ3v) is 2.97. The lowest BCUT2D eigenvalue weighted by Gasteiger charge is -2.06. The Morgan fingerprint density at radius 3 is 2.59 bits per heavy atom. The second-order valence-corrected chi connectivity index (χ2v) is 3.93. The van der Waals surface area contributed by atoms with Gasteiger partial charge in [0, 0.05) is 18.3 Å². The molecule has 0 bridgehead atoms. The molecule has 17 heavy (non-hydrogen) atoms. The average molecular weight is 228 g/mol. The summed E-state index contributed by atoms with van der Waals surface area (Å²) in [6.07, 6.45) is 0.683. The number of benzene rings is 1. The van der Waals surface area contributed by atoms with Crippen molar-refractivity contribution in [3.63, 3.8) is 0 Å². The van der Waals surface area contributed by atoms with Crippen LogP contribution in [0.25, 0.3) is 11.3 Å². The molecule has 1 aromatic carbocycles. The molecule has 0 unspecified atom stereocenters. The number of hydrogen-bond donors (Lipinski definition) is 0. The monoisotopic (exact) mass is 228 g/mol. The number of hydrogen-bond acceptors (Lipinski definition) is 1. The first-order chi connectivity index (χ1) is 8.17. The van der Waals surface area contributed by atoms with E-state index in [1.807, 2.05) is 19.1 Å². The Bertz CT molecular complexity index is 591. The SMILES string of the molecule is CCc1ccc(-c2ccc(C#N)n2C)cc1F. The summed E-state index contributed by atoms with van der Waals surface area (Å²) < 4.78 is 15.4. The summed E-state index contributed by atoms with van der Waals surface area (Å²) in [7, 11) is 1.81. The highest BCUT2D eigenvalue weighted by atomic mass is 19.1. The summed E-state index contributed by atoms with van der Waals surface area (Å²) in [5.41, 5.74) is 2.93. The predicted octanol–water partition coefficient (Wildman–Crippen LogP) is 3.27. The molecule has 0 radical (unpaired) electrons. The van der Waals surface area contributed by atoms with Crippen LogP contribution in [0, 0.1) is 17.1 Å². The van der Waals surface area contributed by atoms with E-state index in [4.69, 9.17) is 5.26 Å². The van der Waals surface area contributed by atoms with Gasteiger partial charge < -0.3 is 4.57 Å². The third kappa shape index (κ3) is 1.94. The van der Waals surface area contributed by atoms with E-state index in [2.05, 4.69) is 6.07 Å². The van der Waals surface area contributed by atoms with Gasteiger partial charge in [0.1, 0.15) is 17.6 Å². The number of nitrogens with zero attached hydrogens (tertiary/aromatic N) is 2. The largest absolute Gasteiger partial charge is 0.335 e. The quantitative estimate of drug-likeness (QED) is 0.775. The Hall–Kier alpha value is -2.08. The zero-order chi connectivity index (χ0) is 12.4. The molecule has 0 fully saturated rings. The van der Waals surface area contributed by atoms with Gasteiger partial charge in [-0.15, -0.1) is 0 Å². The standard InChI is InChI=1S/C14H13FN2/c1-3-10-4-5-11(8-13(10)15)14-7-6-12(9-16)17(14)2/h4-8H,3H2,1-2H3. The minimum atomic E-state index is -0.190. The lowest BCUT2D eigenvalue weighted by molar-refractivity contribution is 0.612. The molecule has 0 N–H and O–H groups in total. The van der Waals surface area contributed by atoms with Crippen LogP contribution in [0.5, 0.6) is 0 Å². The highest BCUT2D eigenvalue weighted by molar-refractivity contribution is 5.62. The van der Waals surface area contributed by atoms with Gasteiger partial charge in [0.15, 0.2) is 0 Å². The molecule has 0 aliphatic carbocycles. The number of aryl methyl sites for hydroxylation is 1. The zero-order valence-corrected chi connectivity index (χ0v) is 9.87. The van der Waals surface area contributed by atoms with Crippen LogP contribution in [0.1, 0.15) is 18.2 Å². The topological polar surface area (TPSA) is 28.7 Å². The van der Waals surface area contributed by atoms with Crippen LogP contribution in [0.4, 0.5) is 4.39 Å². The molecule has 2 aromatic rings. The normalized spacial score (nSPS) is 10.2. The Balaban J connectivity index is 2.51. The van der Waals surface area contributed by atoms with Crippen molar-refractivity contribution >= 4 is 0 Å². The summed E-state index contributed by atoms with van der Waals surface area (Å²) in [4.78, 5) is 0. The number of rotatable bonds is 2. The molecule has 1 aromatic heterocycles. The molecule has 3 heteroatoms. The van der Waals surface area contributed by atoms with E-state index >= 15 is 0 Å². The van der Waals surface area contributed by atoms with Gasteiger partial charge in [-0.05, 0) is 30.2 Å². The predicted molar refractivity (Wildman–Crippen MR) is 64.9 cm³/mol. The fourth-order valence-electron chi connectivity index (χ4n) is 1.91. The molecule has 0 saturated carbocycles. The fourth-order valence-corrected chi connectivity index (χ4v) is 1.91. The minimum Gasteiger partial charge on any atom is -0.335 e. The molecule has 0 saturated heterocycles. The highest BCUT2D eigenvalue weighted by Crippen LogP contribution is 2.23. The van der Waals surface area contributed by atoms with E-state index in [1.165, 1.54) is 6.07 Å². The zero-order valence-electron chi connectivity index (χ0n) is 9.87. The first-order valence-electron chi connectivity index (χ1n) is 5.52. The second-order valence-electron chi connectivity index (χ2n) is 3.93. The summed E-state index contributed by atoms with van der Waals surface area (Å²) in [5.74, 6) is -0.190. The summed E-state index contributed by atoms with van der Waals surface area (Å²) in [5, 5.41) is 8.87. The van der Waals surface area contributed by atoms with Gasteiger partial charge in [-0.3, -0.25) is 0 Å². The van der Waals surface area contributed by atoms with Gasteiger partial charge in [0.05, 0.1) is 0 Å². The van der Waals surface area contributed by atoms with Crippen molar-refractivity contribution in [2.75, 3.05) is 0 Å². The molecule has 1 heterocycles. The van der Waals surface area contributed by atoms with Gasteiger partial charge in [-0.2, -0.15) is 5.26 Å². The maximum absolute atomic E-state index is 13.7. The first kappa shape index (κ1) is 11.4. The van der Waals surface area contributed by atoms with Gasteiger partial charge >= 0.3 is 0 Å². The number of halogens is 1. The Labute approximate surface area is 99.9 Å². The molecule has 86 valence electrons. The van der Waals surface area contributed by atoms with Crippen LogP contribution in [0.15, 0.2) is 30.3 Å². The molecule has 0 amide bonds. The van der Waals surface area contributed by atoms with Gasteiger partial charge in [-0.1, -0.05) is 19.1 Å². The van der Waals surface area contributed by atoms with Crippen molar-refractivity contribution in [1.82, 2.24) is 4.57 Å². The maximum atomic E-state index is 13.7. The lowest BCUT2D eigenvalue weighted by Crippen LogP contribution is -1.96. The van der Waals surface area contributed by atoms with Crippen molar-refractivity contribution in [3.8, 4) is 17.3 Å². The molecular formula is C14H13FN2. The lowest BCUT2D eigenvalue weighted by atomic mass is 10.1. The average Bonchev–Trinajstić information content (AvgIpc) is 2.70. The van der Waals surface area contributed by atoms with E-state index in [0.29, 0.717) is 17.7 Å². The molecule has 0 spiro atoms. The van der Waals surface area contributed by atoms with Gasteiger partial charge in [-0.25, -0.2) is 4.39 Å². The van der Waals surface area contributed by atoms with E-state index in [0.717, 1.165) is 11.3 Å². The number of aromatic nitrogens is 1. The molecule has 2 nitrogen and oxygen atoms in total. The van der Waals surface area contributed by atoms with Crippen LogP contribution >= 0.6 is 0 Å². The second kappa shape index (κ2) is 4.42. The molecule has 2 rings (SSSR count). The highest BCUT2D eigenvalue weighted by Gasteiger charge is 2.08. The van der Waals surface area contributed by atoms with Crippen molar-refractivity contribution in [2.24, 2.45) is 7.05 Å². The first-order valence-corrected chi connectivity index (χ1v) is 5.52. The smallest absolute Gasteiger partial charge is 0.127 e. The van der Waals surface area contributed by atoms with Gasteiger partial charge in [0.2, 0.25) is 0 Å².